The normalized spacial score (nSPS) is 10.8. The average Bonchev–Trinajstić information content (AvgIpc) is 2.38. The van der Waals surface area contributed by atoms with Crippen molar-refractivity contribution >= 4 is 24.5 Å². The van der Waals surface area contributed by atoms with Gasteiger partial charge in [-0.3, -0.25) is 4.99 Å². The molecule has 0 aromatic heterocycles. The van der Waals surface area contributed by atoms with Gasteiger partial charge in [-0.15, -0.1) is 0 Å². The summed E-state index contributed by atoms with van der Waals surface area (Å²) in [6, 6.07) is 14.9. The van der Waals surface area contributed by atoms with Gasteiger partial charge in [0.25, 0.3) is 0 Å². The van der Waals surface area contributed by atoms with Crippen molar-refractivity contribution < 1.29 is 10.0 Å². The molecule has 0 radical (unpaired) electrons. The van der Waals surface area contributed by atoms with Crippen molar-refractivity contribution in [1.82, 2.24) is 0 Å². The van der Waals surface area contributed by atoms with E-state index < -0.39 is 7.12 Å². The van der Waals surface area contributed by atoms with Crippen molar-refractivity contribution in [2.75, 3.05) is 0 Å². The van der Waals surface area contributed by atoms with Crippen LogP contribution in [0, 0.1) is 6.92 Å². The minimum atomic E-state index is -1.42. The van der Waals surface area contributed by atoms with E-state index in [1.54, 1.807) is 30.5 Å². The highest BCUT2D eigenvalue weighted by molar-refractivity contribution is 6.58. The Hall–Kier alpha value is -1.91. The summed E-state index contributed by atoms with van der Waals surface area (Å²) in [4.78, 5) is 4.34. The van der Waals surface area contributed by atoms with E-state index in [1.807, 2.05) is 31.2 Å². The first-order valence-corrected chi connectivity index (χ1v) is 5.72. The lowest BCUT2D eigenvalue weighted by atomic mass is 9.80. The van der Waals surface area contributed by atoms with Gasteiger partial charge in [0.05, 0.1) is 5.69 Å². The maximum absolute atomic E-state index is 8.97. The van der Waals surface area contributed by atoms with Gasteiger partial charge in [-0.1, -0.05) is 42.0 Å². The first-order valence-electron chi connectivity index (χ1n) is 5.72. The molecule has 0 spiro atoms. The van der Waals surface area contributed by atoms with Crippen LogP contribution in [-0.2, 0) is 0 Å². The Morgan fingerprint density at radius 3 is 2.11 bits per heavy atom. The molecule has 0 heterocycles. The summed E-state index contributed by atoms with van der Waals surface area (Å²) in [5.41, 5.74) is 3.49. The molecule has 4 heteroatoms. The van der Waals surface area contributed by atoms with E-state index in [9.17, 15) is 0 Å². The van der Waals surface area contributed by atoms with E-state index in [1.165, 1.54) is 5.56 Å². The van der Waals surface area contributed by atoms with Crippen LogP contribution >= 0.6 is 0 Å². The minimum absolute atomic E-state index is 0.475. The van der Waals surface area contributed by atoms with Crippen molar-refractivity contribution in [2.45, 2.75) is 6.92 Å². The largest absolute Gasteiger partial charge is 0.488 e. The van der Waals surface area contributed by atoms with Gasteiger partial charge in [0.2, 0.25) is 0 Å². The fourth-order valence-corrected chi connectivity index (χ4v) is 1.53. The highest BCUT2D eigenvalue weighted by atomic mass is 16.4. The van der Waals surface area contributed by atoms with Gasteiger partial charge in [-0.2, -0.15) is 0 Å². The zero-order valence-electron chi connectivity index (χ0n) is 10.1. The molecule has 0 aliphatic rings. The second-order valence-electron chi connectivity index (χ2n) is 4.13. The molecule has 0 aliphatic carbocycles. The quantitative estimate of drug-likeness (QED) is 0.628. The molecule has 0 aliphatic heterocycles. The zero-order valence-corrected chi connectivity index (χ0v) is 10.1. The Bertz CT molecular complexity index is 533. The van der Waals surface area contributed by atoms with Crippen LogP contribution in [-0.4, -0.2) is 23.4 Å². The lowest BCUT2D eigenvalue weighted by Crippen LogP contribution is -2.29. The van der Waals surface area contributed by atoms with Crippen LogP contribution in [0.15, 0.2) is 53.5 Å². The van der Waals surface area contributed by atoms with Crippen LogP contribution in [0.5, 0.6) is 0 Å². The van der Waals surface area contributed by atoms with Crippen molar-refractivity contribution in [2.24, 2.45) is 4.99 Å². The van der Waals surface area contributed by atoms with Crippen LogP contribution in [0.4, 0.5) is 5.69 Å². The van der Waals surface area contributed by atoms with Gasteiger partial charge in [-0.25, -0.2) is 0 Å². The average molecular weight is 239 g/mol. The monoisotopic (exact) mass is 239 g/mol. The van der Waals surface area contributed by atoms with Crippen molar-refractivity contribution in [1.29, 1.82) is 0 Å². The molecule has 2 aromatic carbocycles. The molecule has 0 saturated carbocycles. The van der Waals surface area contributed by atoms with E-state index in [4.69, 9.17) is 10.0 Å². The molecule has 0 atom stereocenters. The number of nitrogens with zero attached hydrogens (tertiary/aromatic N) is 1. The Labute approximate surface area is 107 Å². The van der Waals surface area contributed by atoms with Crippen molar-refractivity contribution in [3.63, 3.8) is 0 Å². The first kappa shape index (κ1) is 12.5. The molecule has 0 fully saturated rings. The highest BCUT2D eigenvalue weighted by Crippen LogP contribution is 2.12. The van der Waals surface area contributed by atoms with Gasteiger partial charge in [0, 0.05) is 6.21 Å². The van der Waals surface area contributed by atoms with Crippen LogP contribution < -0.4 is 5.46 Å². The summed E-state index contributed by atoms with van der Waals surface area (Å²) >= 11 is 0. The number of hydrogen-bond donors (Lipinski definition) is 2. The van der Waals surface area contributed by atoms with Crippen LogP contribution in [0.25, 0.3) is 0 Å². The maximum Gasteiger partial charge on any atom is 0.488 e. The predicted octanol–water partition coefficient (Wildman–Crippen LogP) is 1.43. The van der Waals surface area contributed by atoms with Crippen molar-refractivity contribution in [3.05, 3.63) is 59.7 Å². The minimum Gasteiger partial charge on any atom is -0.423 e. The standard InChI is InChI=1S/C14H14BNO2/c1-11-2-8-14(9-3-11)16-10-12-4-6-13(7-5-12)15(17)18/h2-10,17-18H,1H3. The summed E-state index contributed by atoms with van der Waals surface area (Å²) in [7, 11) is -1.42. The van der Waals surface area contributed by atoms with Crippen LogP contribution in [0.2, 0.25) is 0 Å². The summed E-state index contributed by atoms with van der Waals surface area (Å²) in [5.74, 6) is 0. The fraction of sp³-hybridized carbons (Fsp3) is 0.0714. The summed E-state index contributed by atoms with van der Waals surface area (Å²) in [6.45, 7) is 2.03. The molecule has 3 nitrogen and oxygen atoms in total. The van der Waals surface area contributed by atoms with Crippen molar-refractivity contribution in [3.8, 4) is 0 Å². The van der Waals surface area contributed by atoms with Gasteiger partial charge in [-0.05, 0) is 30.1 Å². The van der Waals surface area contributed by atoms with E-state index in [0.29, 0.717) is 5.46 Å². The lowest BCUT2D eigenvalue weighted by Gasteiger charge is -1.99. The van der Waals surface area contributed by atoms with E-state index in [-0.39, 0.29) is 0 Å². The number of aryl methyl sites for hydroxylation is 1. The Balaban J connectivity index is 2.11. The topological polar surface area (TPSA) is 52.8 Å². The van der Waals surface area contributed by atoms with E-state index >= 15 is 0 Å². The molecular formula is C14H14BNO2. The van der Waals surface area contributed by atoms with Gasteiger partial charge >= 0.3 is 7.12 Å². The third-order valence-electron chi connectivity index (χ3n) is 2.63. The van der Waals surface area contributed by atoms with E-state index in [2.05, 4.69) is 4.99 Å². The zero-order chi connectivity index (χ0) is 13.0. The van der Waals surface area contributed by atoms with Crippen LogP contribution in [0.3, 0.4) is 0 Å². The molecule has 2 N–H and O–H groups in total. The molecular weight excluding hydrogens is 225 g/mol. The third-order valence-corrected chi connectivity index (χ3v) is 2.63. The second kappa shape index (κ2) is 5.62. The smallest absolute Gasteiger partial charge is 0.423 e. The summed E-state index contributed by atoms with van der Waals surface area (Å²) < 4.78 is 0. The second-order valence-corrected chi connectivity index (χ2v) is 4.13. The molecule has 0 bridgehead atoms. The lowest BCUT2D eigenvalue weighted by molar-refractivity contribution is 0.426. The number of benzene rings is 2. The molecule has 2 aromatic rings. The molecule has 0 saturated heterocycles. The Kier molecular flexibility index (Phi) is 3.92. The molecule has 90 valence electrons. The number of aliphatic imine (C=N–C) groups is 1. The SMILES string of the molecule is Cc1ccc(N=Cc2ccc(B(O)O)cc2)cc1. The molecule has 2 rings (SSSR count). The molecule has 0 unspecified atom stereocenters. The van der Waals surface area contributed by atoms with Crippen LogP contribution in [0.1, 0.15) is 11.1 Å². The van der Waals surface area contributed by atoms with E-state index in [0.717, 1.165) is 11.3 Å². The Morgan fingerprint density at radius 1 is 0.944 bits per heavy atom. The highest BCUT2D eigenvalue weighted by Gasteiger charge is 2.08. The van der Waals surface area contributed by atoms with Gasteiger partial charge in [0.1, 0.15) is 0 Å². The van der Waals surface area contributed by atoms with Gasteiger partial charge in [0.15, 0.2) is 0 Å². The summed E-state index contributed by atoms with van der Waals surface area (Å²) in [5, 5.41) is 17.9. The number of rotatable bonds is 3. The van der Waals surface area contributed by atoms with Gasteiger partial charge < -0.3 is 10.0 Å². The predicted molar refractivity (Wildman–Crippen MR) is 74.7 cm³/mol. The maximum atomic E-state index is 8.97. The summed E-state index contributed by atoms with van der Waals surface area (Å²) in [6.07, 6.45) is 1.75. The molecule has 0 amide bonds. The first-order chi connectivity index (χ1) is 8.65. The third kappa shape index (κ3) is 3.29. The number of hydrogen-bond acceptors (Lipinski definition) is 3. The molecule has 18 heavy (non-hydrogen) atoms. The Morgan fingerprint density at radius 2 is 1.56 bits per heavy atom. The fourth-order valence-electron chi connectivity index (χ4n) is 1.53.